The molecule has 0 aliphatic heterocycles. The number of hydrogen-bond donors (Lipinski definition) is 2. The maximum atomic E-state index is 11.0. The Morgan fingerprint density at radius 1 is 1.67 bits per heavy atom. The molecule has 0 spiro atoms. The topological polar surface area (TPSA) is 44.9 Å². The molecule has 66 valence electrons. The van der Waals surface area contributed by atoms with E-state index in [1.54, 1.807) is 6.20 Å². The Balaban J connectivity index is 3.04. The van der Waals surface area contributed by atoms with Crippen LogP contribution in [0.2, 0.25) is 0 Å². The Kier molecular flexibility index (Phi) is 3.05. The van der Waals surface area contributed by atoms with Crippen LogP contribution < -0.4 is 10.9 Å². The SMILES string of the molecule is CN[C@H](C)c1c[nH]c(=O)c(Br)c1. The number of hydrogen-bond acceptors (Lipinski definition) is 2. The molecule has 4 heteroatoms. The minimum absolute atomic E-state index is 0.0953. The van der Waals surface area contributed by atoms with E-state index in [9.17, 15) is 4.79 Å². The Labute approximate surface area is 79.3 Å². The number of rotatable bonds is 2. The van der Waals surface area contributed by atoms with Gasteiger partial charge in [0.25, 0.3) is 5.56 Å². The lowest BCUT2D eigenvalue weighted by atomic mass is 10.1. The monoisotopic (exact) mass is 230 g/mol. The molecule has 0 unspecified atom stereocenters. The molecule has 0 aliphatic rings. The molecule has 1 atom stereocenters. The Morgan fingerprint density at radius 3 is 2.83 bits per heavy atom. The van der Waals surface area contributed by atoms with Crippen molar-refractivity contribution in [1.29, 1.82) is 0 Å². The first kappa shape index (κ1) is 9.48. The van der Waals surface area contributed by atoms with Crippen molar-refractivity contribution in [2.75, 3.05) is 7.05 Å². The first-order chi connectivity index (χ1) is 5.65. The van der Waals surface area contributed by atoms with Gasteiger partial charge in [0.05, 0.1) is 4.47 Å². The van der Waals surface area contributed by atoms with Crippen LogP contribution in [-0.4, -0.2) is 12.0 Å². The highest BCUT2D eigenvalue weighted by Crippen LogP contribution is 2.12. The van der Waals surface area contributed by atoms with Gasteiger partial charge in [0.2, 0.25) is 0 Å². The zero-order valence-corrected chi connectivity index (χ0v) is 8.60. The molecule has 0 aliphatic carbocycles. The molecular formula is C8H11BrN2O. The molecular weight excluding hydrogens is 220 g/mol. The number of aromatic amines is 1. The van der Waals surface area contributed by atoms with Gasteiger partial charge in [-0.05, 0) is 41.5 Å². The molecule has 0 bridgehead atoms. The van der Waals surface area contributed by atoms with Gasteiger partial charge in [-0.3, -0.25) is 4.79 Å². The number of H-pyrrole nitrogens is 1. The normalized spacial score (nSPS) is 12.9. The largest absolute Gasteiger partial charge is 0.328 e. The fourth-order valence-corrected chi connectivity index (χ4v) is 1.27. The van der Waals surface area contributed by atoms with E-state index in [1.165, 1.54) is 0 Å². The zero-order valence-electron chi connectivity index (χ0n) is 7.02. The number of aromatic nitrogens is 1. The van der Waals surface area contributed by atoms with Gasteiger partial charge >= 0.3 is 0 Å². The van der Waals surface area contributed by atoms with Crippen LogP contribution in [0.1, 0.15) is 18.5 Å². The summed E-state index contributed by atoms with van der Waals surface area (Å²) in [6, 6.07) is 2.07. The fourth-order valence-electron chi connectivity index (χ4n) is 0.888. The quantitative estimate of drug-likeness (QED) is 0.808. The molecule has 0 saturated heterocycles. The average Bonchev–Trinajstić information content (AvgIpc) is 2.08. The van der Waals surface area contributed by atoms with Crippen LogP contribution in [0.3, 0.4) is 0 Å². The summed E-state index contributed by atoms with van der Waals surface area (Å²) in [5.74, 6) is 0. The molecule has 12 heavy (non-hydrogen) atoms. The highest BCUT2D eigenvalue weighted by atomic mass is 79.9. The molecule has 2 N–H and O–H groups in total. The third kappa shape index (κ3) is 1.95. The van der Waals surface area contributed by atoms with Crippen molar-refractivity contribution in [1.82, 2.24) is 10.3 Å². The third-order valence-corrected chi connectivity index (χ3v) is 2.40. The molecule has 0 saturated carbocycles. The highest BCUT2D eigenvalue weighted by molar-refractivity contribution is 9.10. The highest BCUT2D eigenvalue weighted by Gasteiger charge is 2.03. The lowest BCUT2D eigenvalue weighted by Crippen LogP contribution is -2.15. The lowest BCUT2D eigenvalue weighted by Gasteiger charge is -2.09. The predicted molar refractivity (Wildman–Crippen MR) is 52.2 cm³/mol. The summed E-state index contributed by atoms with van der Waals surface area (Å²) in [5, 5.41) is 3.09. The van der Waals surface area contributed by atoms with Crippen LogP contribution in [0.4, 0.5) is 0 Å². The number of pyridine rings is 1. The van der Waals surface area contributed by atoms with Crippen molar-refractivity contribution in [2.24, 2.45) is 0 Å². The number of halogens is 1. The van der Waals surface area contributed by atoms with E-state index in [-0.39, 0.29) is 11.6 Å². The van der Waals surface area contributed by atoms with Crippen LogP contribution in [0.25, 0.3) is 0 Å². The van der Waals surface area contributed by atoms with Crippen molar-refractivity contribution in [2.45, 2.75) is 13.0 Å². The van der Waals surface area contributed by atoms with Gasteiger partial charge in [-0.1, -0.05) is 0 Å². The van der Waals surface area contributed by atoms with E-state index < -0.39 is 0 Å². The van der Waals surface area contributed by atoms with E-state index in [1.807, 2.05) is 20.0 Å². The van der Waals surface area contributed by atoms with Gasteiger partial charge in [-0.25, -0.2) is 0 Å². The fraction of sp³-hybridized carbons (Fsp3) is 0.375. The smallest absolute Gasteiger partial charge is 0.262 e. The Hall–Kier alpha value is -0.610. The maximum absolute atomic E-state index is 11.0. The maximum Gasteiger partial charge on any atom is 0.262 e. The summed E-state index contributed by atoms with van der Waals surface area (Å²) >= 11 is 3.17. The Bertz CT molecular complexity index is 321. The second-order valence-corrected chi connectivity index (χ2v) is 3.47. The van der Waals surface area contributed by atoms with Crippen molar-refractivity contribution in [3.8, 4) is 0 Å². The summed E-state index contributed by atoms with van der Waals surface area (Å²) in [6.45, 7) is 2.03. The predicted octanol–water partition coefficient (Wildman–Crippen LogP) is 1.42. The van der Waals surface area contributed by atoms with Crippen molar-refractivity contribution >= 4 is 15.9 Å². The van der Waals surface area contributed by atoms with Crippen molar-refractivity contribution in [3.63, 3.8) is 0 Å². The molecule has 1 aromatic rings. The molecule has 1 heterocycles. The molecule has 0 fully saturated rings. The van der Waals surface area contributed by atoms with Crippen LogP contribution in [0.15, 0.2) is 21.5 Å². The first-order valence-corrected chi connectivity index (χ1v) is 4.50. The van der Waals surface area contributed by atoms with Gasteiger partial charge in [0.15, 0.2) is 0 Å². The van der Waals surface area contributed by atoms with E-state index in [4.69, 9.17) is 0 Å². The van der Waals surface area contributed by atoms with Crippen LogP contribution in [-0.2, 0) is 0 Å². The lowest BCUT2D eigenvalue weighted by molar-refractivity contribution is 0.648. The van der Waals surface area contributed by atoms with E-state index in [0.717, 1.165) is 5.56 Å². The molecule has 0 aromatic carbocycles. The summed E-state index contributed by atoms with van der Waals surface area (Å²) in [4.78, 5) is 13.6. The van der Waals surface area contributed by atoms with E-state index >= 15 is 0 Å². The first-order valence-electron chi connectivity index (χ1n) is 3.70. The third-order valence-electron chi connectivity index (χ3n) is 1.81. The second-order valence-electron chi connectivity index (χ2n) is 2.62. The summed E-state index contributed by atoms with van der Waals surface area (Å²) in [7, 11) is 1.88. The van der Waals surface area contributed by atoms with Gasteiger partial charge in [-0.15, -0.1) is 0 Å². The van der Waals surface area contributed by atoms with Gasteiger partial charge in [-0.2, -0.15) is 0 Å². The standard InChI is InChI=1S/C8H11BrN2O/c1-5(10-2)6-3-7(9)8(12)11-4-6/h3-5,10H,1-2H3,(H,11,12)/t5-/m1/s1. The van der Waals surface area contributed by atoms with Crippen LogP contribution in [0.5, 0.6) is 0 Å². The van der Waals surface area contributed by atoms with Gasteiger partial charge < -0.3 is 10.3 Å². The van der Waals surface area contributed by atoms with Crippen molar-refractivity contribution in [3.05, 3.63) is 32.7 Å². The Morgan fingerprint density at radius 2 is 2.33 bits per heavy atom. The molecule has 0 amide bonds. The van der Waals surface area contributed by atoms with E-state index in [2.05, 4.69) is 26.2 Å². The number of nitrogens with one attached hydrogen (secondary N) is 2. The van der Waals surface area contributed by atoms with Crippen LogP contribution >= 0.6 is 15.9 Å². The average molecular weight is 231 g/mol. The summed E-state index contributed by atoms with van der Waals surface area (Å²) in [6.07, 6.45) is 1.72. The minimum Gasteiger partial charge on any atom is -0.328 e. The zero-order chi connectivity index (χ0) is 9.14. The molecule has 1 rings (SSSR count). The van der Waals surface area contributed by atoms with E-state index in [0.29, 0.717) is 4.47 Å². The molecule has 0 radical (unpaired) electrons. The molecule has 1 aromatic heterocycles. The molecule has 3 nitrogen and oxygen atoms in total. The van der Waals surface area contributed by atoms with Crippen molar-refractivity contribution < 1.29 is 0 Å². The summed E-state index contributed by atoms with van der Waals surface area (Å²) in [5.41, 5.74) is 0.964. The second kappa shape index (κ2) is 3.87. The minimum atomic E-state index is -0.0953. The van der Waals surface area contributed by atoms with Gasteiger partial charge in [0.1, 0.15) is 0 Å². The summed E-state index contributed by atoms with van der Waals surface area (Å²) < 4.78 is 0.571. The van der Waals surface area contributed by atoms with Crippen LogP contribution in [0, 0.1) is 0 Å². The van der Waals surface area contributed by atoms with Gasteiger partial charge in [0, 0.05) is 12.2 Å².